The standard InChI is InChI=1S/C18H21F3N2O3S/c1-17(2,3)11-26-15-14(12-5-7-13(8-6-12)27(4)25)9-22-23(16(15)24)10-18(19,20)21/h5-9H,10-11H2,1-4H3. The van der Waals surface area contributed by atoms with E-state index in [1.807, 2.05) is 20.8 Å². The molecule has 1 heterocycles. The predicted molar refractivity (Wildman–Crippen MR) is 97.3 cm³/mol. The maximum absolute atomic E-state index is 12.7. The topological polar surface area (TPSA) is 67.2 Å². The molecular formula is C18H21F3N2O3S. The van der Waals surface area contributed by atoms with Gasteiger partial charge >= 0.3 is 11.7 Å². The second-order valence-electron chi connectivity index (χ2n) is 7.29. The fraction of sp³-hybridized carbons (Fsp3) is 0.444. The molecule has 0 saturated carbocycles. The third kappa shape index (κ3) is 6.00. The highest BCUT2D eigenvalue weighted by Gasteiger charge is 2.30. The number of nitrogens with zero attached hydrogens (tertiary/aromatic N) is 2. The van der Waals surface area contributed by atoms with Crippen LogP contribution in [0.4, 0.5) is 13.2 Å². The molecule has 1 aromatic heterocycles. The Kier molecular flexibility index (Phi) is 6.26. The molecule has 0 aliphatic rings. The van der Waals surface area contributed by atoms with Crippen molar-refractivity contribution in [2.24, 2.45) is 5.41 Å². The summed E-state index contributed by atoms with van der Waals surface area (Å²) in [5.74, 6) is -0.186. The van der Waals surface area contributed by atoms with E-state index in [9.17, 15) is 22.5 Å². The van der Waals surface area contributed by atoms with Crippen LogP contribution in [-0.4, -0.2) is 33.4 Å². The summed E-state index contributed by atoms with van der Waals surface area (Å²) in [6, 6.07) is 6.51. The molecule has 0 saturated heterocycles. The number of aromatic nitrogens is 2. The monoisotopic (exact) mass is 402 g/mol. The normalized spacial score (nSPS) is 13.5. The largest absolute Gasteiger partial charge is 0.612 e. The van der Waals surface area contributed by atoms with Gasteiger partial charge in [0.05, 0.1) is 12.8 Å². The van der Waals surface area contributed by atoms with E-state index in [4.69, 9.17) is 4.74 Å². The fourth-order valence-electron chi connectivity index (χ4n) is 2.21. The van der Waals surface area contributed by atoms with Crippen molar-refractivity contribution in [2.75, 3.05) is 12.9 Å². The Balaban J connectivity index is 2.51. The van der Waals surface area contributed by atoms with E-state index in [1.165, 1.54) is 12.5 Å². The van der Waals surface area contributed by atoms with Gasteiger partial charge in [0.15, 0.2) is 10.6 Å². The number of rotatable bonds is 5. The van der Waals surface area contributed by atoms with Gasteiger partial charge in [-0.15, -0.1) is 0 Å². The minimum Gasteiger partial charge on any atom is -0.612 e. The Morgan fingerprint density at radius 1 is 1.19 bits per heavy atom. The zero-order valence-corrected chi connectivity index (χ0v) is 16.3. The Labute approximate surface area is 158 Å². The van der Waals surface area contributed by atoms with Gasteiger partial charge in [-0.1, -0.05) is 20.8 Å². The molecule has 0 aliphatic carbocycles. The molecule has 1 aromatic carbocycles. The molecule has 0 spiro atoms. The molecular weight excluding hydrogens is 381 g/mol. The summed E-state index contributed by atoms with van der Waals surface area (Å²) < 4.78 is 55.6. The van der Waals surface area contributed by atoms with Crippen LogP contribution < -0.4 is 10.3 Å². The van der Waals surface area contributed by atoms with Crippen LogP contribution in [0.2, 0.25) is 0 Å². The van der Waals surface area contributed by atoms with Gasteiger partial charge < -0.3 is 9.29 Å². The minimum absolute atomic E-state index is 0.141. The highest BCUT2D eigenvalue weighted by Crippen LogP contribution is 2.29. The molecule has 2 rings (SSSR count). The number of alkyl halides is 3. The lowest BCUT2D eigenvalue weighted by Gasteiger charge is -2.20. The molecule has 1 unspecified atom stereocenters. The summed E-state index contributed by atoms with van der Waals surface area (Å²) in [5.41, 5.74) is -0.421. The molecule has 5 nitrogen and oxygen atoms in total. The first-order valence-corrected chi connectivity index (χ1v) is 9.67. The SMILES string of the molecule is C[S+]([O-])c1ccc(-c2cnn(CC(F)(F)F)c(=O)c2OCC(C)(C)C)cc1. The molecule has 0 aliphatic heterocycles. The van der Waals surface area contributed by atoms with E-state index in [2.05, 4.69) is 5.10 Å². The van der Waals surface area contributed by atoms with Crippen molar-refractivity contribution in [3.05, 3.63) is 40.8 Å². The van der Waals surface area contributed by atoms with E-state index in [0.717, 1.165) is 0 Å². The van der Waals surface area contributed by atoms with Crippen molar-refractivity contribution in [3.63, 3.8) is 0 Å². The maximum atomic E-state index is 12.7. The number of benzene rings is 1. The summed E-state index contributed by atoms with van der Waals surface area (Å²) in [7, 11) is 0. The first kappa shape index (κ1) is 21.3. The summed E-state index contributed by atoms with van der Waals surface area (Å²) in [6.45, 7) is 4.29. The average Bonchev–Trinajstić information content (AvgIpc) is 2.53. The molecule has 148 valence electrons. The molecule has 0 fully saturated rings. The molecule has 9 heteroatoms. The predicted octanol–water partition coefficient (Wildman–Crippen LogP) is 3.63. The number of hydrogen-bond donors (Lipinski definition) is 0. The molecule has 0 N–H and O–H groups in total. The second-order valence-corrected chi connectivity index (χ2v) is 8.67. The lowest BCUT2D eigenvalue weighted by molar-refractivity contribution is -0.143. The summed E-state index contributed by atoms with van der Waals surface area (Å²) in [5, 5.41) is 3.65. The average molecular weight is 402 g/mol. The van der Waals surface area contributed by atoms with Crippen molar-refractivity contribution in [2.45, 2.75) is 38.4 Å². The Hall–Kier alpha value is -2.00. The molecule has 0 bridgehead atoms. The highest BCUT2D eigenvalue weighted by atomic mass is 32.2. The van der Waals surface area contributed by atoms with Crippen molar-refractivity contribution in [3.8, 4) is 16.9 Å². The van der Waals surface area contributed by atoms with Crippen LogP contribution in [0.25, 0.3) is 11.1 Å². The van der Waals surface area contributed by atoms with E-state index in [1.54, 1.807) is 24.3 Å². The van der Waals surface area contributed by atoms with Crippen LogP contribution >= 0.6 is 0 Å². The lowest BCUT2D eigenvalue weighted by Crippen LogP contribution is -2.32. The van der Waals surface area contributed by atoms with E-state index in [-0.39, 0.29) is 23.3 Å². The van der Waals surface area contributed by atoms with Crippen LogP contribution in [0.3, 0.4) is 0 Å². The van der Waals surface area contributed by atoms with Crippen molar-refractivity contribution >= 4 is 11.2 Å². The molecule has 1 atom stereocenters. The highest BCUT2D eigenvalue weighted by molar-refractivity contribution is 7.90. The van der Waals surface area contributed by atoms with Gasteiger partial charge in [0.2, 0.25) is 0 Å². The third-order valence-electron chi connectivity index (χ3n) is 3.48. The summed E-state index contributed by atoms with van der Waals surface area (Å²) in [6.07, 6.45) is -1.86. The van der Waals surface area contributed by atoms with Gasteiger partial charge in [-0.3, -0.25) is 4.79 Å². The van der Waals surface area contributed by atoms with Crippen molar-refractivity contribution in [1.82, 2.24) is 9.78 Å². The van der Waals surface area contributed by atoms with Crippen LogP contribution in [-0.2, 0) is 17.7 Å². The van der Waals surface area contributed by atoms with Gasteiger partial charge in [0, 0.05) is 5.56 Å². The fourth-order valence-corrected chi connectivity index (χ4v) is 2.73. The number of ether oxygens (including phenoxy) is 1. The smallest absolute Gasteiger partial charge is 0.408 e. The first-order valence-electron chi connectivity index (χ1n) is 8.11. The second kappa shape index (κ2) is 7.93. The van der Waals surface area contributed by atoms with Gasteiger partial charge in [-0.25, -0.2) is 4.68 Å². The molecule has 0 radical (unpaired) electrons. The van der Waals surface area contributed by atoms with Gasteiger partial charge in [-0.05, 0) is 46.4 Å². The molecule has 27 heavy (non-hydrogen) atoms. The Morgan fingerprint density at radius 2 is 1.78 bits per heavy atom. The number of hydrogen-bond acceptors (Lipinski definition) is 4. The quantitative estimate of drug-likeness (QED) is 0.717. The van der Waals surface area contributed by atoms with Crippen LogP contribution in [0, 0.1) is 5.41 Å². The van der Waals surface area contributed by atoms with E-state index < -0.39 is 29.5 Å². The molecule has 2 aromatic rings. The minimum atomic E-state index is -4.58. The van der Waals surface area contributed by atoms with Crippen LogP contribution in [0.1, 0.15) is 20.8 Å². The van der Waals surface area contributed by atoms with Gasteiger partial charge in [0.25, 0.3) is 0 Å². The van der Waals surface area contributed by atoms with Gasteiger partial charge in [-0.2, -0.15) is 18.3 Å². The van der Waals surface area contributed by atoms with E-state index in [0.29, 0.717) is 15.1 Å². The van der Waals surface area contributed by atoms with Gasteiger partial charge in [0.1, 0.15) is 12.8 Å². The first-order chi connectivity index (χ1) is 12.4. The third-order valence-corrected chi connectivity index (χ3v) is 4.41. The maximum Gasteiger partial charge on any atom is 0.408 e. The Bertz CT molecular complexity index is 841. The zero-order valence-electron chi connectivity index (χ0n) is 15.5. The zero-order chi connectivity index (χ0) is 20.4. The Morgan fingerprint density at radius 3 is 2.26 bits per heavy atom. The van der Waals surface area contributed by atoms with Crippen LogP contribution in [0.5, 0.6) is 5.75 Å². The van der Waals surface area contributed by atoms with E-state index >= 15 is 0 Å². The number of halogens is 3. The summed E-state index contributed by atoms with van der Waals surface area (Å²) >= 11 is -1.17. The van der Waals surface area contributed by atoms with Crippen molar-refractivity contribution < 1.29 is 22.5 Å². The molecule has 0 amide bonds. The van der Waals surface area contributed by atoms with Crippen LogP contribution in [0.15, 0.2) is 40.2 Å². The van der Waals surface area contributed by atoms with Crippen molar-refractivity contribution in [1.29, 1.82) is 0 Å². The summed E-state index contributed by atoms with van der Waals surface area (Å²) in [4.78, 5) is 13.2. The lowest BCUT2D eigenvalue weighted by atomic mass is 9.98.